The highest BCUT2D eigenvalue weighted by atomic mass is 31.2. The number of aliphatic hydroxyl groups is 1. The van der Waals surface area contributed by atoms with Crippen LogP contribution in [0.5, 0.6) is 0 Å². The molecule has 0 fully saturated rings. The molecule has 0 heterocycles. The molecular weight excluding hydrogens is 1260 g/mol. The molecule has 0 aliphatic heterocycles. The normalized spacial score (nSPS) is 13.9. The second-order valence-corrected chi connectivity index (χ2v) is 30.7. The lowest BCUT2D eigenvalue weighted by atomic mass is 10.0. The average Bonchev–Trinajstić information content (AvgIpc) is 1.46. The number of unbranched alkanes of at least 4 members (excludes halogenated alkanes) is 52. The predicted octanol–water partition coefficient (Wildman–Crippen LogP) is 23.0. The maximum atomic E-state index is 13.1. The fraction of sp³-hybridized carbons (Fsp3) is 0.948. The minimum atomic E-state index is -4.96. The Kier molecular flexibility index (Phi) is 70.0. The molecule has 96 heavy (non-hydrogen) atoms. The van der Waals surface area contributed by atoms with Crippen LogP contribution in [-0.4, -0.2) is 96.7 Å². The highest BCUT2D eigenvalue weighted by Crippen LogP contribution is 2.45. The van der Waals surface area contributed by atoms with Gasteiger partial charge >= 0.3 is 39.5 Å². The highest BCUT2D eigenvalue weighted by molar-refractivity contribution is 7.47. The first-order chi connectivity index (χ1) is 46.7. The lowest BCUT2D eigenvalue weighted by Gasteiger charge is -2.21. The summed E-state index contributed by atoms with van der Waals surface area (Å²) in [4.78, 5) is 72.8. The average molecular weight is 1410 g/mol. The molecule has 0 radical (unpaired) electrons. The van der Waals surface area contributed by atoms with E-state index in [1.165, 1.54) is 244 Å². The smallest absolute Gasteiger partial charge is 0.462 e. The fourth-order valence-electron chi connectivity index (χ4n) is 11.9. The minimum absolute atomic E-state index is 0.107. The SMILES string of the molecule is CCCCCCCCCCCCCCCCCCCCCC(=O)O[C@H](COC(=O)CCCCCCCCCCCCCCCCCCC)COP(=O)(O)OC[C@@H](O)COP(=O)(O)OC[C@@H](COC(=O)CCCCCCCCCCCC)OC(=O)CCCCCCCCCCCC. The van der Waals surface area contributed by atoms with Crippen LogP contribution in [0.25, 0.3) is 0 Å². The third-order valence-corrected chi connectivity index (χ3v) is 20.0. The van der Waals surface area contributed by atoms with Gasteiger partial charge in [-0.3, -0.25) is 37.3 Å². The van der Waals surface area contributed by atoms with E-state index in [2.05, 4.69) is 27.7 Å². The molecular formula is C77H150O17P2. The summed E-state index contributed by atoms with van der Waals surface area (Å²) in [5.74, 6) is -2.11. The van der Waals surface area contributed by atoms with Crippen LogP contribution in [-0.2, 0) is 65.4 Å². The van der Waals surface area contributed by atoms with Crippen molar-refractivity contribution in [1.29, 1.82) is 0 Å². The summed E-state index contributed by atoms with van der Waals surface area (Å²) in [5.41, 5.74) is 0. The van der Waals surface area contributed by atoms with Crippen molar-refractivity contribution in [1.82, 2.24) is 0 Å². The molecule has 0 aromatic carbocycles. The number of ether oxygens (including phenoxy) is 4. The summed E-state index contributed by atoms with van der Waals surface area (Å²) in [6.07, 6.45) is 62.4. The van der Waals surface area contributed by atoms with Crippen LogP contribution in [0.15, 0.2) is 0 Å². The van der Waals surface area contributed by atoms with Crippen molar-refractivity contribution in [3.8, 4) is 0 Å². The van der Waals surface area contributed by atoms with Crippen LogP contribution in [0, 0.1) is 0 Å². The van der Waals surface area contributed by atoms with Crippen molar-refractivity contribution < 1.29 is 80.2 Å². The van der Waals surface area contributed by atoms with E-state index in [1.54, 1.807) is 0 Å². The number of aliphatic hydroxyl groups excluding tert-OH is 1. The molecule has 5 atom stereocenters. The summed E-state index contributed by atoms with van der Waals surface area (Å²) in [5, 5.41) is 10.6. The van der Waals surface area contributed by atoms with Gasteiger partial charge in [0.05, 0.1) is 26.4 Å². The number of carbonyl (C=O) groups excluding carboxylic acids is 4. The third-order valence-electron chi connectivity index (χ3n) is 18.1. The molecule has 19 heteroatoms. The zero-order valence-corrected chi connectivity index (χ0v) is 64.1. The van der Waals surface area contributed by atoms with Gasteiger partial charge in [-0.25, -0.2) is 9.13 Å². The van der Waals surface area contributed by atoms with E-state index in [0.29, 0.717) is 25.7 Å². The lowest BCUT2D eigenvalue weighted by molar-refractivity contribution is -0.161. The number of hydrogen-bond donors (Lipinski definition) is 3. The Balaban J connectivity index is 5.20. The molecule has 3 N–H and O–H groups in total. The summed E-state index contributed by atoms with van der Waals surface area (Å²) in [7, 11) is -9.91. The minimum Gasteiger partial charge on any atom is -0.462 e. The third kappa shape index (κ3) is 70.5. The van der Waals surface area contributed by atoms with Crippen LogP contribution >= 0.6 is 15.6 Å². The second kappa shape index (κ2) is 71.5. The van der Waals surface area contributed by atoms with Crippen molar-refractivity contribution >= 4 is 39.5 Å². The molecule has 0 amide bonds. The van der Waals surface area contributed by atoms with Crippen molar-refractivity contribution in [2.45, 2.75) is 431 Å². The quantitative estimate of drug-likeness (QED) is 0.0222. The van der Waals surface area contributed by atoms with Gasteiger partial charge in [-0.05, 0) is 25.7 Å². The number of phosphoric acid groups is 2. The highest BCUT2D eigenvalue weighted by Gasteiger charge is 2.30. The first-order valence-corrected chi connectivity index (χ1v) is 43.3. The molecule has 0 spiro atoms. The zero-order chi connectivity index (χ0) is 70.4. The lowest BCUT2D eigenvalue weighted by Crippen LogP contribution is -2.30. The summed E-state index contributed by atoms with van der Waals surface area (Å²) in [6.45, 7) is 4.98. The Hall–Kier alpha value is -1.94. The van der Waals surface area contributed by atoms with E-state index in [0.717, 1.165) is 89.9 Å². The first-order valence-electron chi connectivity index (χ1n) is 40.3. The van der Waals surface area contributed by atoms with Gasteiger partial charge in [0.1, 0.15) is 19.3 Å². The molecule has 0 saturated heterocycles. The van der Waals surface area contributed by atoms with Crippen LogP contribution < -0.4 is 0 Å². The Labute approximate surface area is 588 Å². The predicted molar refractivity (Wildman–Crippen MR) is 391 cm³/mol. The van der Waals surface area contributed by atoms with E-state index in [9.17, 15) is 43.2 Å². The number of hydrogen-bond acceptors (Lipinski definition) is 15. The van der Waals surface area contributed by atoms with E-state index >= 15 is 0 Å². The Morgan fingerprint density at radius 2 is 0.417 bits per heavy atom. The van der Waals surface area contributed by atoms with E-state index < -0.39 is 97.5 Å². The van der Waals surface area contributed by atoms with E-state index in [4.69, 9.17) is 37.0 Å². The molecule has 570 valence electrons. The van der Waals surface area contributed by atoms with E-state index in [1.807, 2.05) is 0 Å². The zero-order valence-electron chi connectivity index (χ0n) is 62.4. The van der Waals surface area contributed by atoms with Gasteiger partial charge in [0.25, 0.3) is 0 Å². The first kappa shape index (κ1) is 94.1. The Morgan fingerprint density at radius 3 is 0.615 bits per heavy atom. The number of esters is 4. The number of phosphoric ester groups is 2. The monoisotopic (exact) mass is 1410 g/mol. The molecule has 0 bridgehead atoms. The van der Waals surface area contributed by atoms with Crippen LogP contribution in [0.3, 0.4) is 0 Å². The van der Waals surface area contributed by atoms with Crippen LogP contribution in [0.4, 0.5) is 0 Å². The summed E-state index contributed by atoms with van der Waals surface area (Å²) >= 11 is 0. The molecule has 0 aromatic heterocycles. The van der Waals surface area contributed by atoms with Crippen molar-refractivity contribution in [3.05, 3.63) is 0 Å². The van der Waals surface area contributed by atoms with Gasteiger partial charge < -0.3 is 33.8 Å². The number of carbonyl (C=O) groups is 4. The largest absolute Gasteiger partial charge is 0.472 e. The van der Waals surface area contributed by atoms with Gasteiger partial charge in [0.15, 0.2) is 12.2 Å². The summed E-state index contributed by atoms with van der Waals surface area (Å²) < 4.78 is 68.5. The van der Waals surface area contributed by atoms with Crippen LogP contribution in [0.1, 0.15) is 413 Å². The molecule has 0 aliphatic carbocycles. The standard InChI is InChI=1S/C77H150O17P2/c1-5-9-13-17-21-25-29-31-33-35-36-38-40-42-44-48-52-56-60-64-77(82)94-73(68-88-75(80)62-58-54-50-47-43-41-39-37-34-32-30-26-22-18-14-10-6-2)70-92-96(85,86)90-66-71(78)65-89-95(83,84)91-69-72(93-76(81)63-59-55-51-46-28-24-20-16-12-8-4)67-87-74(79)61-57-53-49-45-27-23-19-15-11-7-3/h71-73,78H,5-70H2,1-4H3,(H,83,84)(H,85,86)/t71-,72+,73+/m0/s1. The molecule has 0 aliphatic rings. The molecule has 2 unspecified atom stereocenters. The maximum Gasteiger partial charge on any atom is 0.472 e. The molecule has 0 aromatic rings. The molecule has 17 nitrogen and oxygen atoms in total. The van der Waals surface area contributed by atoms with Gasteiger partial charge in [0, 0.05) is 25.7 Å². The molecule has 0 saturated carbocycles. The molecule has 0 rings (SSSR count). The maximum absolute atomic E-state index is 13.1. The Morgan fingerprint density at radius 1 is 0.250 bits per heavy atom. The van der Waals surface area contributed by atoms with Crippen LogP contribution in [0.2, 0.25) is 0 Å². The van der Waals surface area contributed by atoms with E-state index in [-0.39, 0.29) is 25.7 Å². The van der Waals surface area contributed by atoms with Gasteiger partial charge in [-0.15, -0.1) is 0 Å². The summed E-state index contributed by atoms with van der Waals surface area (Å²) in [6, 6.07) is 0. The fourth-order valence-corrected chi connectivity index (χ4v) is 13.5. The van der Waals surface area contributed by atoms with Gasteiger partial charge in [-0.1, -0.05) is 362 Å². The van der Waals surface area contributed by atoms with Crippen molar-refractivity contribution in [2.24, 2.45) is 0 Å². The van der Waals surface area contributed by atoms with Crippen molar-refractivity contribution in [3.63, 3.8) is 0 Å². The van der Waals surface area contributed by atoms with Gasteiger partial charge in [-0.2, -0.15) is 0 Å². The second-order valence-electron chi connectivity index (χ2n) is 27.7. The topological polar surface area (TPSA) is 237 Å². The Bertz CT molecular complexity index is 1830. The van der Waals surface area contributed by atoms with Gasteiger partial charge in [0.2, 0.25) is 0 Å². The number of rotatable bonds is 78. The van der Waals surface area contributed by atoms with Crippen molar-refractivity contribution in [2.75, 3.05) is 39.6 Å².